The normalized spacial score (nSPS) is 14.6. The first-order valence-electron chi connectivity index (χ1n) is 11.4. The second-order valence-electron chi connectivity index (χ2n) is 8.67. The predicted octanol–water partition coefficient (Wildman–Crippen LogP) is 6.25. The minimum absolute atomic E-state index is 0.734. The molecule has 1 aliphatic rings. The highest BCUT2D eigenvalue weighted by Gasteiger charge is 2.14. The van der Waals surface area contributed by atoms with E-state index in [0.717, 1.165) is 46.4 Å². The first kappa shape index (κ1) is 22.4. The molecule has 3 aromatic rings. The molecule has 1 saturated heterocycles. The Bertz CT molecular complexity index is 1090. The standard InChI is InChI=1S/C28H30ClN3/c1-21-13-16-32(17-14-21)18-15-30-28-12-4-23(19-22(28)2)3-10-27-11-7-25(20-31-27)24-5-8-26(29)9-6-24/h4-9,11-12,19-21,30H,13-18H2,1-2H3. The van der Waals surface area contributed by atoms with Crippen LogP contribution in [-0.4, -0.2) is 36.1 Å². The number of aromatic nitrogens is 1. The van der Waals surface area contributed by atoms with Crippen molar-refractivity contribution >= 4 is 17.3 Å². The summed E-state index contributed by atoms with van der Waals surface area (Å²) in [6, 6.07) is 18.1. The lowest BCUT2D eigenvalue weighted by Gasteiger charge is -2.30. The average Bonchev–Trinajstić information content (AvgIpc) is 2.81. The number of anilines is 1. The SMILES string of the molecule is Cc1cc(C#Cc2ccc(-c3ccc(Cl)cc3)cn2)ccc1NCCN1CCC(C)CC1. The number of likely N-dealkylation sites (tertiary alicyclic amines) is 1. The van der Waals surface area contributed by atoms with Gasteiger partial charge in [-0.1, -0.05) is 42.6 Å². The Labute approximate surface area is 196 Å². The van der Waals surface area contributed by atoms with E-state index in [1.807, 2.05) is 42.6 Å². The van der Waals surface area contributed by atoms with Crippen molar-refractivity contribution in [2.24, 2.45) is 5.92 Å². The van der Waals surface area contributed by atoms with Crippen LogP contribution in [0.1, 0.15) is 36.6 Å². The summed E-state index contributed by atoms with van der Waals surface area (Å²) in [4.78, 5) is 7.06. The van der Waals surface area contributed by atoms with Crippen LogP contribution in [0.5, 0.6) is 0 Å². The van der Waals surface area contributed by atoms with Crippen molar-refractivity contribution in [3.8, 4) is 23.0 Å². The van der Waals surface area contributed by atoms with E-state index in [1.54, 1.807) is 0 Å². The second-order valence-corrected chi connectivity index (χ2v) is 9.11. The smallest absolute Gasteiger partial charge is 0.113 e. The van der Waals surface area contributed by atoms with Crippen molar-refractivity contribution in [1.82, 2.24) is 9.88 Å². The zero-order valence-electron chi connectivity index (χ0n) is 18.9. The molecule has 0 aliphatic carbocycles. The maximum absolute atomic E-state index is 5.97. The molecule has 1 N–H and O–H groups in total. The van der Waals surface area contributed by atoms with Crippen molar-refractivity contribution < 1.29 is 0 Å². The van der Waals surface area contributed by atoms with E-state index in [1.165, 1.54) is 37.2 Å². The van der Waals surface area contributed by atoms with E-state index in [0.29, 0.717) is 0 Å². The van der Waals surface area contributed by atoms with Crippen LogP contribution in [0, 0.1) is 24.7 Å². The van der Waals surface area contributed by atoms with Gasteiger partial charge >= 0.3 is 0 Å². The summed E-state index contributed by atoms with van der Waals surface area (Å²) >= 11 is 5.97. The van der Waals surface area contributed by atoms with E-state index in [4.69, 9.17) is 11.6 Å². The minimum Gasteiger partial charge on any atom is -0.384 e. The lowest BCUT2D eigenvalue weighted by Crippen LogP contribution is -2.36. The van der Waals surface area contributed by atoms with Gasteiger partial charge in [-0.05, 0) is 92.2 Å². The molecule has 0 radical (unpaired) electrons. The molecular formula is C28H30ClN3. The van der Waals surface area contributed by atoms with Crippen LogP contribution in [0.15, 0.2) is 60.8 Å². The van der Waals surface area contributed by atoms with Gasteiger partial charge in [-0.2, -0.15) is 0 Å². The summed E-state index contributed by atoms with van der Waals surface area (Å²) in [7, 11) is 0. The lowest BCUT2D eigenvalue weighted by molar-refractivity contribution is 0.199. The van der Waals surface area contributed by atoms with Crippen molar-refractivity contribution in [3.05, 3.63) is 82.6 Å². The number of benzene rings is 2. The number of nitrogens with zero attached hydrogens (tertiary/aromatic N) is 2. The third kappa shape index (κ3) is 6.13. The zero-order chi connectivity index (χ0) is 22.3. The Morgan fingerprint density at radius 2 is 1.75 bits per heavy atom. The highest BCUT2D eigenvalue weighted by molar-refractivity contribution is 6.30. The molecule has 164 valence electrons. The summed E-state index contributed by atoms with van der Waals surface area (Å²) < 4.78 is 0. The van der Waals surface area contributed by atoms with Gasteiger partial charge in [-0.3, -0.25) is 0 Å². The summed E-state index contributed by atoms with van der Waals surface area (Å²) in [5.74, 6) is 7.30. The molecule has 0 saturated carbocycles. The topological polar surface area (TPSA) is 28.2 Å². The molecule has 0 atom stereocenters. The van der Waals surface area contributed by atoms with Gasteiger partial charge in [-0.25, -0.2) is 4.98 Å². The van der Waals surface area contributed by atoms with Crippen molar-refractivity contribution in [1.29, 1.82) is 0 Å². The molecule has 0 spiro atoms. The van der Waals surface area contributed by atoms with E-state index >= 15 is 0 Å². The number of nitrogens with one attached hydrogen (secondary N) is 1. The highest BCUT2D eigenvalue weighted by atomic mass is 35.5. The molecule has 1 aliphatic heterocycles. The van der Waals surface area contributed by atoms with Gasteiger partial charge in [0.15, 0.2) is 0 Å². The van der Waals surface area contributed by atoms with Crippen LogP contribution in [0.2, 0.25) is 5.02 Å². The fraction of sp³-hybridized carbons (Fsp3) is 0.321. The fourth-order valence-corrected chi connectivity index (χ4v) is 4.12. The summed E-state index contributed by atoms with van der Waals surface area (Å²) in [5, 5.41) is 4.32. The zero-order valence-corrected chi connectivity index (χ0v) is 19.6. The van der Waals surface area contributed by atoms with Crippen LogP contribution in [0.25, 0.3) is 11.1 Å². The van der Waals surface area contributed by atoms with Crippen LogP contribution < -0.4 is 5.32 Å². The van der Waals surface area contributed by atoms with Crippen LogP contribution in [-0.2, 0) is 0 Å². The summed E-state index contributed by atoms with van der Waals surface area (Å²) in [5.41, 5.74) is 6.31. The molecule has 0 bridgehead atoms. The van der Waals surface area contributed by atoms with Crippen LogP contribution in [0.3, 0.4) is 0 Å². The number of hydrogen-bond acceptors (Lipinski definition) is 3. The Morgan fingerprint density at radius 3 is 2.44 bits per heavy atom. The maximum Gasteiger partial charge on any atom is 0.113 e. The van der Waals surface area contributed by atoms with Gasteiger partial charge in [0.2, 0.25) is 0 Å². The maximum atomic E-state index is 5.97. The molecule has 2 aromatic carbocycles. The third-order valence-electron chi connectivity index (χ3n) is 6.12. The van der Waals surface area contributed by atoms with Gasteiger partial charge in [0.25, 0.3) is 0 Å². The van der Waals surface area contributed by atoms with Crippen molar-refractivity contribution in [3.63, 3.8) is 0 Å². The van der Waals surface area contributed by atoms with E-state index < -0.39 is 0 Å². The van der Waals surface area contributed by atoms with Crippen molar-refractivity contribution in [2.45, 2.75) is 26.7 Å². The Kier molecular flexibility index (Phi) is 7.47. The molecule has 3 nitrogen and oxygen atoms in total. The molecule has 4 heteroatoms. The Balaban J connectivity index is 1.33. The van der Waals surface area contributed by atoms with Gasteiger partial charge in [0, 0.05) is 41.1 Å². The van der Waals surface area contributed by atoms with Crippen LogP contribution >= 0.6 is 11.6 Å². The molecule has 0 unspecified atom stereocenters. The minimum atomic E-state index is 0.734. The third-order valence-corrected chi connectivity index (χ3v) is 6.37. The first-order valence-corrected chi connectivity index (χ1v) is 11.8. The summed E-state index contributed by atoms with van der Waals surface area (Å²) in [6.07, 6.45) is 4.50. The molecule has 2 heterocycles. The Morgan fingerprint density at radius 1 is 1.00 bits per heavy atom. The molecule has 1 fully saturated rings. The number of piperidine rings is 1. The molecule has 32 heavy (non-hydrogen) atoms. The molecular weight excluding hydrogens is 414 g/mol. The van der Waals surface area contributed by atoms with E-state index in [2.05, 4.69) is 59.1 Å². The largest absolute Gasteiger partial charge is 0.384 e. The molecule has 0 amide bonds. The second kappa shape index (κ2) is 10.7. The monoisotopic (exact) mass is 443 g/mol. The molecule has 4 rings (SSSR count). The van der Waals surface area contributed by atoms with Gasteiger partial charge in [0.1, 0.15) is 5.69 Å². The highest BCUT2D eigenvalue weighted by Crippen LogP contribution is 2.21. The quantitative estimate of drug-likeness (QED) is 0.472. The average molecular weight is 444 g/mol. The number of rotatable bonds is 5. The summed E-state index contributed by atoms with van der Waals surface area (Å²) in [6.45, 7) is 9.02. The van der Waals surface area contributed by atoms with Crippen LogP contribution in [0.4, 0.5) is 5.69 Å². The first-order chi connectivity index (χ1) is 15.6. The number of pyridine rings is 1. The number of aryl methyl sites for hydroxylation is 1. The van der Waals surface area contributed by atoms with Gasteiger partial charge in [-0.15, -0.1) is 0 Å². The predicted molar refractivity (Wildman–Crippen MR) is 135 cm³/mol. The lowest BCUT2D eigenvalue weighted by atomic mass is 9.99. The molecule has 1 aromatic heterocycles. The van der Waals surface area contributed by atoms with E-state index in [9.17, 15) is 0 Å². The van der Waals surface area contributed by atoms with Gasteiger partial charge in [0.05, 0.1) is 0 Å². The number of halogens is 1. The Hall–Kier alpha value is -2.80. The van der Waals surface area contributed by atoms with E-state index in [-0.39, 0.29) is 0 Å². The van der Waals surface area contributed by atoms with Crippen molar-refractivity contribution in [2.75, 3.05) is 31.5 Å². The number of hydrogen-bond donors (Lipinski definition) is 1. The fourth-order valence-electron chi connectivity index (χ4n) is 3.99. The van der Waals surface area contributed by atoms with Gasteiger partial charge < -0.3 is 10.2 Å².